The number of unbranched alkanes of at least 4 members (excludes halogenated alkanes) is 1. The molecule has 1 heterocycles. The third kappa shape index (κ3) is 7.15. The van der Waals surface area contributed by atoms with Gasteiger partial charge in [0, 0.05) is 30.7 Å². The number of fused-ring (bicyclic) bond motifs is 1. The van der Waals surface area contributed by atoms with Gasteiger partial charge in [0.15, 0.2) is 0 Å². The van der Waals surface area contributed by atoms with Crippen LogP contribution in [0.2, 0.25) is 0 Å². The number of esters is 1. The highest BCUT2D eigenvalue weighted by atomic mass is 19.1. The number of benzene rings is 2. The van der Waals surface area contributed by atoms with Crippen molar-refractivity contribution in [1.82, 2.24) is 15.2 Å². The topological polar surface area (TPSA) is 91.8 Å². The van der Waals surface area contributed by atoms with E-state index in [-0.39, 0.29) is 43.2 Å². The molecule has 2 N–H and O–H groups in total. The van der Waals surface area contributed by atoms with Crippen LogP contribution in [-0.2, 0) is 22.5 Å². The molecule has 0 spiro atoms. The minimum Gasteiger partial charge on any atom is -0.507 e. The summed E-state index contributed by atoms with van der Waals surface area (Å²) in [5.74, 6) is -0.653. The number of aryl methyl sites for hydroxylation is 1. The number of hydrogen-bond donors (Lipinski definition) is 2. The summed E-state index contributed by atoms with van der Waals surface area (Å²) in [6.07, 6.45) is 4.04. The Bertz CT molecular complexity index is 1180. The van der Waals surface area contributed by atoms with E-state index in [1.165, 1.54) is 17.0 Å². The third-order valence-electron chi connectivity index (χ3n) is 6.01. The lowest BCUT2D eigenvalue weighted by Gasteiger charge is -2.28. The molecular formula is C27H32FN3O4. The van der Waals surface area contributed by atoms with Gasteiger partial charge in [0.2, 0.25) is 0 Å². The highest BCUT2D eigenvalue weighted by molar-refractivity contribution is 5.83. The number of carbonyl (C=O) groups is 2. The van der Waals surface area contributed by atoms with Crippen molar-refractivity contribution in [2.45, 2.75) is 52.1 Å². The van der Waals surface area contributed by atoms with Gasteiger partial charge in [-0.25, -0.2) is 9.18 Å². The van der Waals surface area contributed by atoms with E-state index in [0.717, 1.165) is 23.8 Å². The van der Waals surface area contributed by atoms with E-state index in [9.17, 15) is 19.1 Å². The summed E-state index contributed by atoms with van der Waals surface area (Å²) in [5, 5.41) is 14.4. The van der Waals surface area contributed by atoms with Gasteiger partial charge in [-0.3, -0.25) is 9.78 Å². The maximum absolute atomic E-state index is 13.5. The number of aromatic nitrogens is 1. The SMILES string of the molecule is CCCCC(COC(=O)Cc1cc2cc(F)ccc2cn1)N(C)C(=O)NCc1cccc(C)c1O. The molecule has 1 atom stereocenters. The molecule has 1 unspecified atom stereocenters. The first-order valence-electron chi connectivity index (χ1n) is 11.8. The molecule has 2 aromatic carbocycles. The van der Waals surface area contributed by atoms with Gasteiger partial charge in [-0.15, -0.1) is 0 Å². The zero-order chi connectivity index (χ0) is 25.4. The van der Waals surface area contributed by atoms with Crippen LogP contribution in [0.4, 0.5) is 9.18 Å². The largest absolute Gasteiger partial charge is 0.507 e. The highest BCUT2D eigenvalue weighted by Crippen LogP contribution is 2.21. The van der Waals surface area contributed by atoms with E-state index in [1.807, 2.05) is 6.07 Å². The van der Waals surface area contributed by atoms with Gasteiger partial charge in [-0.05, 0) is 48.6 Å². The second kappa shape index (κ2) is 12.1. The van der Waals surface area contributed by atoms with Crippen molar-refractivity contribution in [3.05, 3.63) is 71.3 Å². The Labute approximate surface area is 204 Å². The molecule has 7 nitrogen and oxygen atoms in total. The van der Waals surface area contributed by atoms with Crippen LogP contribution in [0.3, 0.4) is 0 Å². The number of halogens is 1. The molecule has 1 aromatic heterocycles. The Balaban J connectivity index is 1.57. The van der Waals surface area contributed by atoms with Crippen molar-refractivity contribution in [1.29, 1.82) is 0 Å². The normalized spacial score (nSPS) is 11.8. The van der Waals surface area contributed by atoms with Crippen LogP contribution in [0.25, 0.3) is 10.8 Å². The van der Waals surface area contributed by atoms with Crippen molar-refractivity contribution in [2.75, 3.05) is 13.7 Å². The molecule has 0 aliphatic heterocycles. The second-order valence-corrected chi connectivity index (χ2v) is 8.68. The summed E-state index contributed by atoms with van der Waals surface area (Å²) in [6, 6.07) is 10.8. The van der Waals surface area contributed by atoms with Crippen LogP contribution in [0.15, 0.2) is 48.7 Å². The number of amides is 2. The summed E-state index contributed by atoms with van der Waals surface area (Å²) < 4.78 is 19.0. The summed E-state index contributed by atoms with van der Waals surface area (Å²) in [6.45, 7) is 4.09. The minimum absolute atomic E-state index is 0.0461. The van der Waals surface area contributed by atoms with Crippen LogP contribution >= 0.6 is 0 Å². The molecule has 8 heteroatoms. The van der Waals surface area contributed by atoms with Gasteiger partial charge in [-0.2, -0.15) is 0 Å². The molecule has 0 saturated carbocycles. The predicted molar refractivity (Wildman–Crippen MR) is 133 cm³/mol. The number of urea groups is 1. The van der Waals surface area contributed by atoms with Crippen molar-refractivity contribution < 1.29 is 23.8 Å². The first-order chi connectivity index (χ1) is 16.8. The third-order valence-corrected chi connectivity index (χ3v) is 6.01. The Hall–Kier alpha value is -3.68. The number of para-hydroxylation sites is 1. The smallest absolute Gasteiger partial charge is 0.317 e. The van der Waals surface area contributed by atoms with Gasteiger partial charge < -0.3 is 20.1 Å². The van der Waals surface area contributed by atoms with Gasteiger partial charge in [0.1, 0.15) is 18.2 Å². The molecule has 2 amide bonds. The van der Waals surface area contributed by atoms with E-state index in [0.29, 0.717) is 23.1 Å². The van der Waals surface area contributed by atoms with E-state index in [2.05, 4.69) is 17.2 Å². The molecule has 35 heavy (non-hydrogen) atoms. The number of phenolic OH excluding ortho intramolecular Hbond substituents is 1. The number of likely N-dealkylation sites (N-methyl/N-ethyl adjacent to an activating group) is 1. The first kappa shape index (κ1) is 25.9. The van der Waals surface area contributed by atoms with Crippen LogP contribution in [0.5, 0.6) is 5.75 Å². The van der Waals surface area contributed by atoms with Crippen LogP contribution in [0.1, 0.15) is 43.0 Å². The Morgan fingerprint density at radius 3 is 2.77 bits per heavy atom. The summed E-state index contributed by atoms with van der Waals surface area (Å²) >= 11 is 0. The van der Waals surface area contributed by atoms with Gasteiger partial charge in [-0.1, -0.05) is 38.0 Å². The maximum atomic E-state index is 13.5. The van der Waals surface area contributed by atoms with E-state index >= 15 is 0 Å². The Morgan fingerprint density at radius 2 is 2.00 bits per heavy atom. The molecule has 3 aromatic rings. The van der Waals surface area contributed by atoms with E-state index in [1.54, 1.807) is 44.4 Å². The number of pyridine rings is 1. The standard InChI is InChI=1S/C27H32FN3O4/c1-4-5-9-24(31(3)27(34)30-16-20-8-6-7-18(2)26(20)33)17-35-25(32)14-23-13-21-12-22(28)11-10-19(21)15-29-23/h6-8,10-13,15,24,33H,4-5,9,14,16-17H2,1-3H3,(H,30,34). The van der Waals surface area contributed by atoms with E-state index < -0.39 is 5.97 Å². The Kier molecular flexibility index (Phi) is 9.00. The fraction of sp³-hybridized carbons (Fsp3) is 0.370. The van der Waals surface area contributed by atoms with Crippen LogP contribution in [-0.4, -0.2) is 46.7 Å². The molecule has 0 aliphatic carbocycles. The number of carbonyl (C=O) groups excluding carboxylic acids is 2. The second-order valence-electron chi connectivity index (χ2n) is 8.68. The monoisotopic (exact) mass is 481 g/mol. The quantitative estimate of drug-likeness (QED) is 0.403. The molecule has 0 saturated heterocycles. The fourth-order valence-electron chi connectivity index (χ4n) is 3.79. The number of nitrogens with zero attached hydrogens (tertiary/aromatic N) is 2. The minimum atomic E-state index is -0.465. The van der Waals surface area contributed by atoms with Gasteiger partial charge >= 0.3 is 12.0 Å². The number of nitrogens with one attached hydrogen (secondary N) is 1. The lowest BCUT2D eigenvalue weighted by molar-refractivity contribution is -0.144. The van der Waals surface area contributed by atoms with Gasteiger partial charge in [0.05, 0.1) is 18.2 Å². The van der Waals surface area contributed by atoms with Crippen molar-refractivity contribution in [3.63, 3.8) is 0 Å². The molecule has 186 valence electrons. The molecular weight excluding hydrogens is 449 g/mol. The molecule has 0 aliphatic rings. The zero-order valence-electron chi connectivity index (χ0n) is 20.4. The molecule has 3 rings (SSSR count). The van der Waals surface area contributed by atoms with Crippen LogP contribution in [0, 0.1) is 12.7 Å². The lowest BCUT2D eigenvalue weighted by atomic mass is 10.1. The number of hydrogen-bond acceptors (Lipinski definition) is 5. The summed E-state index contributed by atoms with van der Waals surface area (Å²) in [7, 11) is 1.67. The zero-order valence-corrected chi connectivity index (χ0v) is 20.4. The van der Waals surface area contributed by atoms with Crippen LogP contribution < -0.4 is 5.32 Å². The maximum Gasteiger partial charge on any atom is 0.317 e. The average Bonchev–Trinajstić information content (AvgIpc) is 2.84. The van der Waals surface area contributed by atoms with Crippen molar-refractivity contribution >= 4 is 22.8 Å². The molecule has 0 radical (unpaired) electrons. The Morgan fingerprint density at radius 1 is 1.20 bits per heavy atom. The number of ether oxygens (including phenoxy) is 1. The summed E-state index contributed by atoms with van der Waals surface area (Å²) in [5.41, 5.74) is 1.86. The first-order valence-corrected chi connectivity index (χ1v) is 11.8. The molecule has 0 fully saturated rings. The summed E-state index contributed by atoms with van der Waals surface area (Å²) in [4.78, 5) is 31.0. The predicted octanol–water partition coefficient (Wildman–Crippen LogP) is 4.87. The van der Waals surface area contributed by atoms with Crippen molar-refractivity contribution in [3.8, 4) is 5.75 Å². The number of rotatable bonds is 10. The number of aromatic hydroxyl groups is 1. The van der Waals surface area contributed by atoms with Gasteiger partial charge in [0.25, 0.3) is 0 Å². The average molecular weight is 482 g/mol. The van der Waals surface area contributed by atoms with Crippen molar-refractivity contribution in [2.24, 2.45) is 0 Å². The lowest BCUT2D eigenvalue weighted by Crippen LogP contribution is -2.45. The highest BCUT2D eigenvalue weighted by Gasteiger charge is 2.22. The fourth-order valence-corrected chi connectivity index (χ4v) is 3.79. The van der Waals surface area contributed by atoms with E-state index in [4.69, 9.17) is 4.74 Å². The number of phenols is 1. The molecule has 0 bridgehead atoms.